The fourth-order valence-corrected chi connectivity index (χ4v) is 2.82. The van der Waals surface area contributed by atoms with Gasteiger partial charge >= 0.3 is 0 Å². The fraction of sp³-hybridized carbons (Fsp3) is 0.238. The molecular formula is C21H22ClN3O2. The topological polar surface area (TPSA) is 47.4 Å². The Hall–Kier alpha value is -2.79. The van der Waals surface area contributed by atoms with E-state index in [0.29, 0.717) is 18.7 Å². The van der Waals surface area contributed by atoms with Crippen LogP contribution in [0.3, 0.4) is 0 Å². The normalized spacial score (nSPS) is 10.7. The maximum absolute atomic E-state index is 12.6. The molecule has 2 aromatic carbocycles. The lowest BCUT2D eigenvalue weighted by Crippen LogP contribution is -2.26. The number of nitrogens with zero attached hydrogens (tertiary/aromatic N) is 3. The zero-order valence-electron chi connectivity index (χ0n) is 15.6. The molecule has 5 nitrogen and oxygen atoms in total. The largest absolute Gasteiger partial charge is 0.489 e. The quantitative estimate of drug-likeness (QED) is 0.639. The highest BCUT2D eigenvalue weighted by molar-refractivity contribution is 6.31. The Balaban J connectivity index is 1.58. The molecule has 0 saturated heterocycles. The molecule has 0 atom stereocenters. The molecule has 0 aliphatic heterocycles. The van der Waals surface area contributed by atoms with Gasteiger partial charge < -0.3 is 9.64 Å². The van der Waals surface area contributed by atoms with Crippen LogP contribution in [0.15, 0.2) is 54.7 Å². The third-order valence-corrected chi connectivity index (χ3v) is 4.67. The van der Waals surface area contributed by atoms with Gasteiger partial charge in [-0.2, -0.15) is 5.10 Å². The van der Waals surface area contributed by atoms with Gasteiger partial charge in [0.15, 0.2) is 0 Å². The monoisotopic (exact) mass is 383 g/mol. The standard InChI is InChI=1S/C21H22ClN3O2/c1-15-12-19(8-9-20(15)22)27-14-16-4-6-17(7-5-16)21(26)24(2)13-18-10-11-25(3)23-18/h4-12H,13-14H2,1-3H3. The molecule has 1 heterocycles. The number of aromatic nitrogens is 2. The minimum Gasteiger partial charge on any atom is -0.489 e. The Morgan fingerprint density at radius 1 is 1.19 bits per heavy atom. The molecule has 1 aromatic heterocycles. The van der Waals surface area contributed by atoms with Crippen LogP contribution in [0.2, 0.25) is 5.02 Å². The van der Waals surface area contributed by atoms with Gasteiger partial charge in [0, 0.05) is 30.9 Å². The van der Waals surface area contributed by atoms with Gasteiger partial charge in [-0.25, -0.2) is 0 Å². The molecule has 3 rings (SSSR count). The lowest BCUT2D eigenvalue weighted by molar-refractivity contribution is 0.0783. The molecule has 27 heavy (non-hydrogen) atoms. The summed E-state index contributed by atoms with van der Waals surface area (Å²) >= 11 is 6.03. The zero-order valence-corrected chi connectivity index (χ0v) is 16.4. The van der Waals surface area contributed by atoms with Crippen LogP contribution >= 0.6 is 11.6 Å². The summed E-state index contributed by atoms with van der Waals surface area (Å²) in [4.78, 5) is 14.2. The van der Waals surface area contributed by atoms with Crippen molar-refractivity contribution in [2.45, 2.75) is 20.1 Å². The Morgan fingerprint density at radius 3 is 2.56 bits per heavy atom. The van der Waals surface area contributed by atoms with Crippen LogP contribution in [0, 0.1) is 6.92 Å². The van der Waals surface area contributed by atoms with Crippen molar-refractivity contribution in [3.05, 3.63) is 82.1 Å². The first-order valence-electron chi connectivity index (χ1n) is 8.64. The number of aryl methyl sites for hydroxylation is 2. The number of benzene rings is 2. The Kier molecular flexibility index (Phi) is 5.81. The molecule has 0 N–H and O–H groups in total. The van der Waals surface area contributed by atoms with E-state index in [-0.39, 0.29) is 5.91 Å². The van der Waals surface area contributed by atoms with E-state index in [2.05, 4.69) is 5.10 Å². The Bertz CT molecular complexity index is 935. The van der Waals surface area contributed by atoms with Crippen LogP contribution in [-0.2, 0) is 20.2 Å². The summed E-state index contributed by atoms with van der Waals surface area (Å²) in [6.07, 6.45) is 1.87. The highest BCUT2D eigenvalue weighted by atomic mass is 35.5. The lowest BCUT2D eigenvalue weighted by Gasteiger charge is -2.16. The minimum absolute atomic E-state index is 0.0403. The predicted molar refractivity (Wildman–Crippen MR) is 106 cm³/mol. The summed E-state index contributed by atoms with van der Waals surface area (Å²) in [6.45, 7) is 2.84. The maximum Gasteiger partial charge on any atom is 0.253 e. The van der Waals surface area contributed by atoms with Crippen molar-refractivity contribution >= 4 is 17.5 Å². The summed E-state index contributed by atoms with van der Waals surface area (Å²) in [5.74, 6) is 0.730. The van der Waals surface area contributed by atoms with Gasteiger partial charge in [0.1, 0.15) is 12.4 Å². The smallest absolute Gasteiger partial charge is 0.253 e. The van der Waals surface area contributed by atoms with Crippen LogP contribution in [-0.4, -0.2) is 27.6 Å². The molecule has 3 aromatic rings. The van der Waals surface area contributed by atoms with E-state index < -0.39 is 0 Å². The second-order valence-corrected chi connectivity index (χ2v) is 6.95. The van der Waals surface area contributed by atoms with Crippen molar-refractivity contribution in [2.75, 3.05) is 7.05 Å². The third kappa shape index (κ3) is 4.89. The van der Waals surface area contributed by atoms with Crippen LogP contribution in [0.4, 0.5) is 0 Å². The summed E-state index contributed by atoms with van der Waals surface area (Å²) in [6, 6.07) is 14.9. The number of hydrogen-bond donors (Lipinski definition) is 0. The van der Waals surface area contributed by atoms with Crippen LogP contribution in [0.1, 0.15) is 27.2 Å². The van der Waals surface area contributed by atoms with Crippen molar-refractivity contribution in [2.24, 2.45) is 7.05 Å². The van der Waals surface area contributed by atoms with Crippen molar-refractivity contribution in [1.29, 1.82) is 0 Å². The second-order valence-electron chi connectivity index (χ2n) is 6.54. The summed E-state index contributed by atoms with van der Waals surface area (Å²) in [7, 11) is 3.63. The van der Waals surface area contributed by atoms with E-state index in [1.807, 2.05) is 68.7 Å². The van der Waals surface area contributed by atoms with Gasteiger partial charge in [-0.05, 0) is 54.4 Å². The number of rotatable bonds is 6. The molecule has 0 bridgehead atoms. The molecule has 1 amide bonds. The maximum atomic E-state index is 12.6. The molecule has 0 radical (unpaired) electrons. The second kappa shape index (κ2) is 8.27. The average molecular weight is 384 g/mol. The fourth-order valence-electron chi connectivity index (χ4n) is 2.70. The number of carbonyl (C=O) groups excluding carboxylic acids is 1. The van der Waals surface area contributed by atoms with Crippen molar-refractivity contribution < 1.29 is 9.53 Å². The minimum atomic E-state index is -0.0403. The van der Waals surface area contributed by atoms with Crippen molar-refractivity contribution in [3.8, 4) is 5.75 Å². The average Bonchev–Trinajstić information content (AvgIpc) is 3.07. The summed E-state index contributed by atoms with van der Waals surface area (Å²) < 4.78 is 7.52. The first kappa shape index (κ1) is 19.0. The molecule has 0 spiro atoms. The van der Waals surface area contributed by atoms with Gasteiger partial charge in [-0.1, -0.05) is 23.7 Å². The van der Waals surface area contributed by atoms with Crippen molar-refractivity contribution in [1.82, 2.24) is 14.7 Å². The van der Waals surface area contributed by atoms with E-state index in [0.717, 1.165) is 27.6 Å². The van der Waals surface area contributed by atoms with Crippen LogP contribution < -0.4 is 4.74 Å². The number of ether oxygens (including phenoxy) is 1. The van der Waals surface area contributed by atoms with Gasteiger partial charge in [0.05, 0.1) is 12.2 Å². The van der Waals surface area contributed by atoms with Gasteiger partial charge in [-0.15, -0.1) is 0 Å². The van der Waals surface area contributed by atoms with Crippen molar-refractivity contribution in [3.63, 3.8) is 0 Å². The predicted octanol–water partition coefficient (Wildman–Crippen LogP) is 4.23. The molecule has 0 aliphatic rings. The number of hydrogen-bond acceptors (Lipinski definition) is 3. The molecule has 0 saturated carbocycles. The lowest BCUT2D eigenvalue weighted by atomic mass is 10.1. The molecular weight excluding hydrogens is 362 g/mol. The molecule has 6 heteroatoms. The number of carbonyl (C=O) groups is 1. The van der Waals surface area contributed by atoms with E-state index in [9.17, 15) is 4.79 Å². The number of halogens is 1. The summed E-state index contributed by atoms with van der Waals surface area (Å²) in [5.41, 5.74) is 3.47. The zero-order chi connectivity index (χ0) is 19.4. The summed E-state index contributed by atoms with van der Waals surface area (Å²) in [5, 5.41) is 5.03. The molecule has 140 valence electrons. The Labute approximate surface area is 164 Å². The van der Waals surface area contributed by atoms with Crippen LogP contribution in [0.5, 0.6) is 5.75 Å². The molecule has 0 unspecified atom stereocenters. The highest BCUT2D eigenvalue weighted by Crippen LogP contribution is 2.22. The first-order valence-corrected chi connectivity index (χ1v) is 9.02. The van der Waals surface area contributed by atoms with E-state index in [1.165, 1.54) is 0 Å². The van der Waals surface area contributed by atoms with Gasteiger partial charge in [0.25, 0.3) is 5.91 Å². The SMILES string of the molecule is Cc1cc(OCc2ccc(C(=O)N(C)Cc3ccn(C)n3)cc2)ccc1Cl. The molecule has 0 aliphatic carbocycles. The van der Waals surface area contributed by atoms with Gasteiger partial charge in [-0.3, -0.25) is 9.48 Å². The van der Waals surface area contributed by atoms with E-state index in [4.69, 9.17) is 16.3 Å². The van der Waals surface area contributed by atoms with E-state index >= 15 is 0 Å². The number of amides is 1. The van der Waals surface area contributed by atoms with Gasteiger partial charge in [0.2, 0.25) is 0 Å². The van der Waals surface area contributed by atoms with E-state index in [1.54, 1.807) is 16.6 Å². The Morgan fingerprint density at radius 2 is 1.93 bits per heavy atom. The molecule has 0 fully saturated rings. The third-order valence-electron chi connectivity index (χ3n) is 4.25. The van der Waals surface area contributed by atoms with Crippen LogP contribution in [0.25, 0.3) is 0 Å². The first-order chi connectivity index (χ1) is 12.9. The highest BCUT2D eigenvalue weighted by Gasteiger charge is 2.13.